The lowest BCUT2D eigenvalue weighted by Gasteiger charge is -2.17. The first-order valence-electron chi connectivity index (χ1n) is 10.8. The quantitative estimate of drug-likeness (QED) is 0.355. The van der Waals surface area contributed by atoms with Crippen LogP contribution in [-0.4, -0.2) is 21.4 Å². The minimum atomic E-state index is -0.343. The maximum atomic E-state index is 11.2. The van der Waals surface area contributed by atoms with Gasteiger partial charge in [0.25, 0.3) is 5.69 Å². The molecular formula is C22H28N4O2S. The third-order valence-electron chi connectivity index (χ3n) is 5.83. The van der Waals surface area contributed by atoms with Crippen LogP contribution in [-0.2, 0) is 0 Å². The number of benzene rings is 1. The molecule has 0 atom stereocenters. The second-order valence-corrected chi connectivity index (χ2v) is 8.86. The highest BCUT2D eigenvalue weighted by molar-refractivity contribution is 7.07. The van der Waals surface area contributed by atoms with Crippen molar-refractivity contribution < 1.29 is 4.92 Å². The van der Waals surface area contributed by atoms with Gasteiger partial charge in [-0.1, -0.05) is 44.2 Å². The van der Waals surface area contributed by atoms with Gasteiger partial charge in [0.2, 0.25) is 4.80 Å². The molecular weight excluding hydrogens is 384 g/mol. The summed E-state index contributed by atoms with van der Waals surface area (Å²) in [6.07, 6.45) is 13.0. The van der Waals surface area contributed by atoms with Gasteiger partial charge in [0, 0.05) is 28.8 Å². The van der Waals surface area contributed by atoms with E-state index in [2.05, 4.69) is 0 Å². The Labute approximate surface area is 175 Å². The molecule has 0 unspecified atom stereocenters. The molecule has 2 fully saturated rings. The van der Waals surface area contributed by atoms with Crippen molar-refractivity contribution in [1.82, 2.24) is 4.68 Å². The van der Waals surface area contributed by atoms with E-state index in [0.29, 0.717) is 6.04 Å². The van der Waals surface area contributed by atoms with Gasteiger partial charge in [0.15, 0.2) is 0 Å². The Morgan fingerprint density at radius 1 is 1.03 bits per heavy atom. The maximum absolute atomic E-state index is 11.2. The molecule has 2 aromatic rings. The monoisotopic (exact) mass is 412 g/mol. The van der Waals surface area contributed by atoms with Crippen molar-refractivity contribution in [2.24, 2.45) is 10.1 Å². The second kappa shape index (κ2) is 9.48. The normalized spacial score (nSPS) is 19.2. The largest absolute Gasteiger partial charge is 0.270 e. The molecule has 0 saturated heterocycles. The molecule has 0 N–H and O–H groups in total. The van der Waals surface area contributed by atoms with Gasteiger partial charge in [0.1, 0.15) is 0 Å². The molecule has 2 saturated carbocycles. The molecule has 1 heterocycles. The van der Waals surface area contributed by atoms with Crippen LogP contribution in [0.25, 0.3) is 11.3 Å². The van der Waals surface area contributed by atoms with Crippen molar-refractivity contribution >= 4 is 22.7 Å². The van der Waals surface area contributed by atoms with Crippen LogP contribution < -0.4 is 4.80 Å². The van der Waals surface area contributed by atoms with Crippen LogP contribution >= 0.6 is 11.3 Å². The molecule has 1 aromatic carbocycles. The zero-order valence-electron chi connectivity index (χ0n) is 16.8. The number of aromatic nitrogens is 1. The fourth-order valence-corrected chi connectivity index (χ4v) is 5.11. The highest BCUT2D eigenvalue weighted by Crippen LogP contribution is 2.26. The SMILES string of the molecule is O=[N+]([O-])c1cccc(-c2csc(=NC3CCCCC3)n2N=C2CCCCCC2)c1. The molecule has 4 rings (SSSR count). The lowest BCUT2D eigenvalue weighted by molar-refractivity contribution is -0.384. The second-order valence-electron chi connectivity index (χ2n) is 8.02. The summed E-state index contributed by atoms with van der Waals surface area (Å²) in [5, 5.41) is 18.3. The van der Waals surface area contributed by atoms with Crippen LogP contribution in [0, 0.1) is 10.1 Å². The van der Waals surface area contributed by atoms with Crippen LogP contribution in [0.3, 0.4) is 0 Å². The Hall–Kier alpha value is -2.28. The van der Waals surface area contributed by atoms with Crippen molar-refractivity contribution in [3.8, 4) is 11.3 Å². The van der Waals surface area contributed by atoms with E-state index in [0.717, 1.165) is 41.7 Å². The fraction of sp³-hybridized carbons (Fsp3) is 0.545. The summed E-state index contributed by atoms with van der Waals surface area (Å²) < 4.78 is 1.96. The molecule has 6 nitrogen and oxygen atoms in total. The average molecular weight is 413 g/mol. The number of rotatable bonds is 4. The van der Waals surface area contributed by atoms with Gasteiger partial charge in [-0.2, -0.15) is 5.10 Å². The minimum absolute atomic E-state index is 0.105. The van der Waals surface area contributed by atoms with Gasteiger partial charge in [-0.3, -0.25) is 15.1 Å². The fourth-order valence-electron chi connectivity index (χ4n) is 4.21. The maximum Gasteiger partial charge on any atom is 0.270 e. The molecule has 154 valence electrons. The Morgan fingerprint density at radius 3 is 2.48 bits per heavy atom. The molecule has 0 bridgehead atoms. The number of hydrogen-bond donors (Lipinski definition) is 0. The minimum Gasteiger partial charge on any atom is -0.258 e. The smallest absolute Gasteiger partial charge is 0.258 e. The molecule has 29 heavy (non-hydrogen) atoms. The number of nitrogens with zero attached hydrogens (tertiary/aromatic N) is 4. The number of nitro benzene ring substituents is 1. The first-order valence-corrected chi connectivity index (χ1v) is 11.6. The van der Waals surface area contributed by atoms with Gasteiger partial charge in [-0.15, -0.1) is 11.3 Å². The zero-order valence-corrected chi connectivity index (χ0v) is 17.6. The number of hydrogen-bond acceptors (Lipinski definition) is 5. The number of nitro groups is 1. The van der Waals surface area contributed by atoms with Crippen LogP contribution in [0.2, 0.25) is 0 Å². The summed E-state index contributed by atoms with van der Waals surface area (Å²) in [5.74, 6) is 0. The summed E-state index contributed by atoms with van der Waals surface area (Å²) in [4.78, 5) is 16.9. The molecule has 0 radical (unpaired) electrons. The van der Waals surface area contributed by atoms with Gasteiger partial charge in [-0.05, 0) is 38.5 Å². The average Bonchev–Trinajstić information content (AvgIpc) is 2.95. The lowest BCUT2D eigenvalue weighted by atomic mass is 9.96. The summed E-state index contributed by atoms with van der Waals surface area (Å²) in [6, 6.07) is 7.19. The summed E-state index contributed by atoms with van der Waals surface area (Å²) in [5.41, 5.74) is 3.04. The summed E-state index contributed by atoms with van der Waals surface area (Å²) in [7, 11) is 0. The third kappa shape index (κ3) is 5.01. The van der Waals surface area contributed by atoms with Crippen molar-refractivity contribution in [2.75, 3.05) is 0 Å². The van der Waals surface area contributed by atoms with Crippen LogP contribution in [0.1, 0.15) is 70.6 Å². The van der Waals surface area contributed by atoms with E-state index in [9.17, 15) is 10.1 Å². The Balaban J connectivity index is 1.78. The van der Waals surface area contributed by atoms with Crippen LogP contribution in [0.15, 0.2) is 39.7 Å². The van der Waals surface area contributed by atoms with E-state index in [1.807, 2.05) is 16.1 Å². The lowest BCUT2D eigenvalue weighted by Crippen LogP contribution is -2.20. The van der Waals surface area contributed by atoms with Crippen molar-refractivity contribution in [2.45, 2.75) is 76.7 Å². The molecule has 0 spiro atoms. The molecule has 1 aromatic heterocycles. The van der Waals surface area contributed by atoms with Gasteiger partial charge in [0.05, 0.1) is 16.7 Å². The van der Waals surface area contributed by atoms with Crippen LogP contribution in [0.4, 0.5) is 5.69 Å². The number of non-ortho nitro benzene ring substituents is 1. The van der Waals surface area contributed by atoms with E-state index in [1.165, 1.54) is 56.7 Å². The van der Waals surface area contributed by atoms with Crippen molar-refractivity contribution in [3.63, 3.8) is 0 Å². The third-order valence-corrected chi connectivity index (χ3v) is 6.66. The Morgan fingerprint density at radius 2 is 1.76 bits per heavy atom. The number of thiazole rings is 1. The highest BCUT2D eigenvalue weighted by Gasteiger charge is 2.16. The molecule has 0 amide bonds. The van der Waals surface area contributed by atoms with E-state index in [-0.39, 0.29) is 10.6 Å². The van der Waals surface area contributed by atoms with E-state index < -0.39 is 0 Å². The van der Waals surface area contributed by atoms with Crippen molar-refractivity contribution in [3.05, 3.63) is 44.6 Å². The predicted molar refractivity (Wildman–Crippen MR) is 117 cm³/mol. The highest BCUT2D eigenvalue weighted by atomic mass is 32.1. The molecule has 2 aliphatic carbocycles. The Kier molecular flexibility index (Phi) is 6.54. The predicted octanol–water partition coefficient (Wildman–Crippen LogP) is 5.92. The van der Waals surface area contributed by atoms with Gasteiger partial charge in [-0.25, -0.2) is 4.68 Å². The summed E-state index contributed by atoms with van der Waals surface area (Å²) in [6.45, 7) is 0. The van der Waals surface area contributed by atoms with Gasteiger partial charge < -0.3 is 0 Å². The molecule has 7 heteroatoms. The van der Waals surface area contributed by atoms with Crippen LogP contribution in [0.5, 0.6) is 0 Å². The van der Waals surface area contributed by atoms with E-state index >= 15 is 0 Å². The molecule has 0 aliphatic heterocycles. The zero-order chi connectivity index (χ0) is 20.1. The Bertz CT molecular complexity index is 944. The topological polar surface area (TPSA) is 72.8 Å². The van der Waals surface area contributed by atoms with Crippen molar-refractivity contribution in [1.29, 1.82) is 0 Å². The first-order chi connectivity index (χ1) is 14.2. The first kappa shape index (κ1) is 20.0. The van der Waals surface area contributed by atoms with Gasteiger partial charge >= 0.3 is 0 Å². The summed E-state index contributed by atoms with van der Waals surface area (Å²) >= 11 is 1.59. The standard InChI is InChI=1S/C22H28N4O2S/c27-26(28)20-14-8-9-17(15-20)21-16-29-22(23-18-10-6-3-7-11-18)25(21)24-19-12-4-1-2-5-13-19/h8-9,14-16,18H,1-7,10-13H2. The van der Waals surface area contributed by atoms with E-state index in [4.69, 9.17) is 10.1 Å². The molecule has 2 aliphatic rings. The van der Waals surface area contributed by atoms with E-state index in [1.54, 1.807) is 23.5 Å².